The molecule has 0 atom stereocenters. The lowest BCUT2D eigenvalue weighted by molar-refractivity contribution is 0.277. The molecular weight excluding hydrogens is 390 g/mol. The Labute approximate surface area is 180 Å². The number of benzene rings is 2. The second-order valence-electron chi connectivity index (χ2n) is 7.76. The quantitative estimate of drug-likeness (QED) is 0.525. The summed E-state index contributed by atoms with van der Waals surface area (Å²) in [6.45, 7) is 2.10. The van der Waals surface area contributed by atoms with E-state index in [1.807, 2.05) is 55.5 Å². The second kappa shape index (κ2) is 8.70. The number of aliphatic hydroxyl groups excluding tert-OH is 1. The van der Waals surface area contributed by atoms with E-state index in [1.165, 1.54) is 9.13 Å². The van der Waals surface area contributed by atoms with Gasteiger partial charge in [-0.1, -0.05) is 60.2 Å². The predicted molar refractivity (Wildman–Crippen MR) is 122 cm³/mol. The summed E-state index contributed by atoms with van der Waals surface area (Å²) in [5, 5.41) is 9.67. The number of aromatic nitrogens is 3. The van der Waals surface area contributed by atoms with Crippen molar-refractivity contribution in [1.82, 2.24) is 14.1 Å². The van der Waals surface area contributed by atoms with Crippen molar-refractivity contribution in [3.8, 4) is 11.1 Å². The van der Waals surface area contributed by atoms with Crippen LogP contribution in [0, 0.1) is 6.92 Å². The van der Waals surface area contributed by atoms with Crippen molar-refractivity contribution in [3.05, 3.63) is 98.3 Å². The van der Waals surface area contributed by atoms with Gasteiger partial charge >= 0.3 is 5.69 Å². The highest BCUT2D eigenvalue weighted by Crippen LogP contribution is 2.29. The van der Waals surface area contributed by atoms with Gasteiger partial charge < -0.3 is 5.11 Å². The summed E-state index contributed by atoms with van der Waals surface area (Å²) in [6.07, 6.45) is 2.63. The number of aliphatic hydroxyl groups is 1. The Morgan fingerprint density at radius 3 is 2.52 bits per heavy atom. The van der Waals surface area contributed by atoms with Gasteiger partial charge in [0.15, 0.2) is 0 Å². The van der Waals surface area contributed by atoms with Gasteiger partial charge in [0.1, 0.15) is 5.65 Å². The average Bonchev–Trinajstić information content (AvgIpc) is 2.78. The zero-order valence-electron chi connectivity index (χ0n) is 17.7. The van der Waals surface area contributed by atoms with Crippen LogP contribution in [0.3, 0.4) is 0 Å². The normalized spacial score (nSPS) is 11.2. The van der Waals surface area contributed by atoms with E-state index in [1.54, 1.807) is 13.2 Å². The van der Waals surface area contributed by atoms with E-state index in [4.69, 9.17) is 0 Å². The van der Waals surface area contributed by atoms with Gasteiger partial charge in [0.05, 0.1) is 5.39 Å². The van der Waals surface area contributed by atoms with E-state index in [2.05, 4.69) is 11.1 Å². The van der Waals surface area contributed by atoms with Crippen LogP contribution < -0.4 is 11.2 Å². The third-order valence-corrected chi connectivity index (χ3v) is 5.55. The Hall–Kier alpha value is -3.51. The van der Waals surface area contributed by atoms with E-state index in [-0.39, 0.29) is 18.7 Å². The number of hydrogen-bond donors (Lipinski definition) is 1. The van der Waals surface area contributed by atoms with E-state index in [0.717, 1.165) is 27.8 Å². The highest BCUT2D eigenvalue weighted by atomic mass is 16.3. The van der Waals surface area contributed by atoms with Crippen molar-refractivity contribution < 1.29 is 5.11 Å². The summed E-state index contributed by atoms with van der Waals surface area (Å²) < 4.78 is 2.62. The molecule has 0 saturated carbocycles. The minimum atomic E-state index is -0.424. The maximum atomic E-state index is 13.5. The van der Waals surface area contributed by atoms with Crippen LogP contribution >= 0.6 is 0 Å². The Morgan fingerprint density at radius 2 is 1.81 bits per heavy atom. The predicted octanol–water partition coefficient (Wildman–Crippen LogP) is 3.04. The van der Waals surface area contributed by atoms with Crippen LogP contribution in [0.4, 0.5) is 0 Å². The molecule has 0 aliphatic carbocycles. The van der Waals surface area contributed by atoms with Crippen LogP contribution in [0.25, 0.3) is 22.2 Å². The Balaban J connectivity index is 2.07. The highest BCUT2D eigenvalue weighted by Gasteiger charge is 2.19. The average molecular weight is 415 g/mol. The maximum Gasteiger partial charge on any atom is 0.332 e. The van der Waals surface area contributed by atoms with Crippen LogP contribution in [-0.2, 0) is 20.0 Å². The number of aryl methyl sites for hydroxylation is 2. The minimum Gasteiger partial charge on any atom is -0.396 e. The molecule has 31 heavy (non-hydrogen) atoms. The van der Waals surface area contributed by atoms with Gasteiger partial charge in [-0.15, -0.1) is 0 Å². The third kappa shape index (κ3) is 3.94. The van der Waals surface area contributed by atoms with E-state index >= 15 is 0 Å². The molecule has 2 aromatic heterocycles. The van der Waals surface area contributed by atoms with Gasteiger partial charge in [0, 0.05) is 32.0 Å². The standard InChI is InChI=1S/C25H25N3O3/c1-17-8-6-11-19(14-17)21-16-26-23-22(20(21)15-18-9-4-3-5-10-18)24(30)28(12-7-13-29)25(31)27(23)2/h3-6,8-11,14,16,29H,7,12-13,15H2,1-2H3. The first-order valence-electron chi connectivity index (χ1n) is 10.3. The third-order valence-electron chi connectivity index (χ3n) is 5.55. The molecule has 158 valence electrons. The van der Waals surface area contributed by atoms with Crippen LogP contribution in [0.15, 0.2) is 70.4 Å². The molecule has 0 unspecified atom stereocenters. The SMILES string of the molecule is Cc1cccc(-c2cnc3c(c2Cc2ccccc2)c(=O)n(CCCO)c(=O)n3C)c1. The number of nitrogens with zero attached hydrogens (tertiary/aromatic N) is 3. The van der Waals surface area contributed by atoms with Crippen molar-refractivity contribution in [1.29, 1.82) is 0 Å². The van der Waals surface area contributed by atoms with Crippen molar-refractivity contribution in [2.75, 3.05) is 6.61 Å². The van der Waals surface area contributed by atoms with Crippen LogP contribution in [0.1, 0.15) is 23.1 Å². The summed E-state index contributed by atoms with van der Waals surface area (Å²) in [4.78, 5) is 30.8. The molecule has 0 spiro atoms. The van der Waals surface area contributed by atoms with Gasteiger partial charge in [-0.05, 0) is 36.5 Å². The number of hydrogen-bond acceptors (Lipinski definition) is 4. The topological polar surface area (TPSA) is 77.1 Å². The molecule has 2 aromatic carbocycles. The first-order valence-corrected chi connectivity index (χ1v) is 10.3. The monoisotopic (exact) mass is 415 g/mol. The first-order chi connectivity index (χ1) is 15.0. The van der Waals surface area contributed by atoms with E-state index in [9.17, 15) is 14.7 Å². The number of pyridine rings is 1. The molecule has 0 amide bonds. The number of rotatable bonds is 6. The molecule has 0 fully saturated rings. The van der Waals surface area contributed by atoms with Crippen molar-refractivity contribution in [2.24, 2.45) is 7.05 Å². The van der Waals surface area contributed by atoms with Gasteiger partial charge in [0.2, 0.25) is 0 Å². The molecular formula is C25H25N3O3. The lowest BCUT2D eigenvalue weighted by atomic mass is 9.93. The molecule has 0 saturated heterocycles. The lowest BCUT2D eigenvalue weighted by Crippen LogP contribution is -2.40. The van der Waals surface area contributed by atoms with E-state index < -0.39 is 5.69 Å². The largest absolute Gasteiger partial charge is 0.396 e. The zero-order chi connectivity index (χ0) is 22.0. The van der Waals surface area contributed by atoms with Crippen molar-refractivity contribution in [2.45, 2.75) is 26.3 Å². The van der Waals surface area contributed by atoms with Gasteiger partial charge in [0.25, 0.3) is 5.56 Å². The maximum absolute atomic E-state index is 13.5. The molecule has 0 aliphatic heterocycles. The Bertz CT molecular complexity index is 1350. The van der Waals surface area contributed by atoms with Crippen molar-refractivity contribution in [3.63, 3.8) is 0 Å². The Morgan fingerprint density at radius 1 is 1.03 bits per heavy atom. The fraction of sp³-hybridized carbons (Fsp3) is 0.240. The highest BCUT2D eigenvalue weighted by molar-refractivity contribution is 5.86. The van der Waals surface area contributed by atoms with Crippen LogP contribution in [0.2, 0.25) is 0 Å². The smallest absolute Gasteiger partial charge is 0.332 e. The van der Waals surface area contributed by atoms with Crippen LogP contribution in [0.5, 0.6) is 0 Å². The van der Waals surface area contributed by atoms with Gasteiger partial charge in [-0.25, -0.2) is 9.78 Å². The lowest BCUT2D eigenvalue weighted by Gasteiger charge is -2.16. The molecule has 4 aromatic rings. The molecule has 0 aliphatic rings. The summed E-state index contributed by atoms with van der Waals surface area (Å²) in [5.74, 6) is 0. The summed E-state index contributed by atoms with van der Waals surface area (Å²) in [6, 6.07) is 18.1. The molecule has 4 rings (SSSR count). The Kier molecular flexibility index (Phi) is 5.82. The molecule has 2 heterocycles. The van der Waals surface area contributed by atoms with Gasteiger partial charge in [-0.2, -0.15) is 0 Å². The molecule has 0 bridgehead atoms. The molecule has 0 radical (unpaired) electrons. The number of fused-ring (bicyclic) bond motifs is 1. The van der Waals surface area contributed by atoms with Crippen molar-refractivity contribution >= 4 is 11.0 Å². The zero-order valence-corrected chi connectivity index (χ0v) is 17.7. The van der Waals surface area contributed by atoms with Gasteiger partial charge in [-0.3, -0.25) is 13.9 Å². The summed E-state index contributed by atoms with van der Waals surface area (Å²) in [5.41, 5.74) is 4.48. The minimum absolute atomic E-state index is 0.0912. The first kappa shape index (κ1) is 20.8. The summed E-state index contributed by atoms with van der Waals surface area (Å²) in [7, 11) is 1.63. The van der Waals surface area contributed by atoms with Crippen LogP contribution in [-0.4, -0.2) is 25.8 Å². The molecule has 6 nitrogen and oxygen atoms in total. The second-order valence-corrected chi connectivity index (χ2v) is 7.76. The molecule has 1 N–H and O–H groups in total. The fourth-order valence-electron chi connectivity index (χ4n) is 3.98. The fourth-order valence-corrected chi connectivity index (χ4v) is 3.98. The van der Waals surface area contributed by atoms with E-state index in [0.29, 0.717) is 23.9 Å². The molecule has 6 heteroatoms. The summed E-state index contributed by atoms with van der Waals surface area (Å²) >= 11 is 0.